The van der Waals surface area contributed by atoms with Crippen molar-refractivity contribution in [1.29, 1.82) is 0 Å². The van der Waals surface area contributed by atoms with Gasteiger partial charge in [-0.05, 0) is 6.07 Å². The molecular weight excluding hydrogens is 180 g/mol. The average molecular weight is 190 g/mol. The van der Waals surface area contributed by atoms with Crippen molar-refractivity contribution < 1.29 is 8.42 Å². The normalized spacial score (nSPS) is 11.8. The number of rotatable bonds is 3. The summed E-state index contributed by atoms with van der Waals surface area (Å²) in [4.78, 5) is 0. The minimum Gasteiger partial charge on any atom is -0.271 e. The molecule has 0 atom stereocenters. The second kappa shape index (κ2) is 3.21. The lowest BCUT2D eigenvalue weighted by Gasteiger charge is -2.01. The van der Waals surface area contributed by atoms with E-state index in [-0.39, 0.29) is 6.54 Å². The second-order valence-corrected chi connectivity index (χ2v) is 3.69. The number of nitrogens with zero attached hydrogens (tertiary/aromatic N) is 2. The van der Waals surface area contributed by atoms with Crippen LogP contribution in [0.25, 0.3) is 0 Å². The van der Waals surface area contributed by atoms with E-state index in [1.165, 1.54) is 0 Å². The van der Waals surface area contributed by atoms with E-state index in [4.69, 9.17) is 5.14 Å². The highest BCUT2D eigenvalue weighted by atomic mass is 32.2. The summed E-state index contributed by atoms with van der Waals surface area (Å²) in [6, 6.07) is 1.71. The van der Waals surface area contributed by atoms with Crippen LogP contribution in [0.1, 0.15) is 5.69 Å². The first-order valence-electron chi connectivity index (χ1n) is 3.23. The number of hydrogen-bond donors (Lipinski definition) is 2. The van der Waals surface area contributed by atoms with Crippen LogP contribution in [0.2, 0.25) is 0 Å². The van der Waals surface area contributed by atoms with Gasteiger partial charge in [-0.3, -0.25) is 4.68 Å². The van der Waals surface area contributed by atoms with Gasteiger partial charge >= 0.3 is 0 Å². The third-order valence-corrected chi connectivity index (χ3v) is 1.92. The minimum atomic E-state index is -3.61. The van der Waals surface area contributed by atoms with Gasteiger partial charge in [0.05, 0.1) is 12.2 Å². The van der Waals surface area contributed by atoms with Crippen molar-refractivity contribution in [3.63, 3.8) is 0 Å². The second-order valence-electron chi connectivity index (χ2n) is 2.31. The molecule has 0 bridgehead atoms. The summed E-state index contributed by atoms with van der Waals surface area (Å²) in [5.41, 5.74) is 0.754. The van der Waals surface area contributed by atoms with E-state index in [0.717, 1.165) is 5.69 Å². The van der Waals surface area contributed by atoms with Crippen molar-refractivity contribution in [2.75, 3.05) is 0 Å². The predicted octanol–water partition coefficient (Wildman–Crippen LogP) is -1.29. The van der Waals surface area contributed by atoms with Gasteiger partial charge in [0.1, 0.15) is 0 Å². The quantitative estimate of drug-likeness (QED) is 0.621. The average Bonchev–Trinajstić information content (AvgIpc) is 2.29. The molecule has 0 aliphatic rings. The molecule has 0 spiro atoms. The summed E-state index contributed by atoms with van der Waals surface area (Å²) in [6.45, 7) is 0.162. The lowest BCUT2D eigenvalue weighted by molar-refractivity contribution is 0.579. The molecule has 0 saturated carbocycles. The van der Waals surface area contributed by atoms with Crippen LogP contribution >= 0.6 is 0 Å². The molecule has 7 heteroatoms. The Kier molecular flexibility index (Phi) is 2.46. The maximum atomic E-state index is 10.5. The van der Waals surface area contributed by atoms with Crippen LogP contribution < -0.4 is 9.86 Å². The minimum absolute atomic E-state index is 0.162. The van der Waals surface area contributed by atoms with E-state index < -0.39 is 10.2 Å². The molecule has 68 valence electrons. The Balaban J connectivity index is 2.61. The Morgan fingerprint density at radius 1 is 1.75 bits per heavy atom. The van der Waals surface area contributed by atoms with Crippen LogP contribution in [0.3, 0.4) is 0 Å². The molecule has 0 aliphatic heterocycles. The van der Waals surface area contributed by atoms with Gasteiger partial charge in [0.25, 0.3) is 10.2 Å². The number of nitrogens with two attached hydrogens (primary N) is 1. The standard InChI is InChI=1S/C5H10N4O2S/c1-9-5(2-3-7-9)4-8-12(6,10)11/h2-3,8H,4H2,1H3,(H2,6,10,11). The first-order chi connectivity index (χ1) is 5.49. The fraction of sp³-hybridized carbons (Fsp3) is 0.400. The number of aryl methyl sites for hydroxylation is 1. The van der Waals surface area contributed by atoms with Crippen LogP contribution in [0.4, 0.5) is 0 Å². The van der Waals surface area contributed by atoms with Gasteiger partial charge < -0.3 is 0 Å². The lowest BCUT2D eigenvalue weighted by atomic mass is 10.4. The zero-order valence-electron chi connectivity index (χ0n) is 6.56. The number of aromatic nitrogens is 2. The molecule has 3 N–H and O–H groups in total. The van der Waals surface area contributed by atoms with E-state index in [2.05, 4.69) is 9.82 Å². The highest BCUT2D eigenvalue weighted by Gasteiger charge is 2.03. The molecule has 0 radical (unpaired) electrons. The van der Waals surface area contributed by atoms with Gasteiger partial charge in [-0.15, -0.1) is 0 Å². The van der Waals surface area contributed by atoms with E-state index in [0.29, 0.717) is 0 Å². The maximum Gasteiger partial charge on any atom is 0.274 e. The molecule has 1 rings (SSSR count). The molecule has 0 saturated heterocycles. The van der Waals surface area contributed by atoms with Crippen LogP contribution in [0.5, 0.6) is 0 Å². The van der Waals surface area contributed by atoms with E-state index >= 15 is 0 Å². The van der Waals surface area contributed by atoms with Gasteiger partial charge in [0.2, 0.25) is 0 Å². The monoisotopic (exact) mass is 190 g/mol. The highest BCUT2D eigenvalue weighted by Crippen LogP contribution is 1.94. The van der Waals surface area contributed by atoms with Gasteiger partial charge in [-0.2, -0.15) is 18.2 Å². The number of nitrogens with one attached hydrogen (secondary N) is 1. The van der Waals surface area contributed by atoms with Crippen molar-refractivity contribution in [1.82, 2.24) is 14.5 Å². The molecule has 1 heterocycles. The third kappa shape index (κ3) is 2.61. The van der Waals surface area contributed by atoms with Gasteiger partial charge in [0.15, 0.2) is 0 Å². The molecule has 0 amide bonds. The fourth-order valence-corrected chi connectivity index (χ4v) is 1.10. The Bertz CT molecular complexity index is 355. The van der Waals surface area contributed by atoms with E-state index in [1.54, 1.807) is 24.0 Å². The highest BCUT2D eigenvalue weighted by molar-refractivity contribution is 7.87. The zero-order valence-corrected chi connectivity index (χ0v) is 7.37. The number of hydrogen-bond acceptors (Lipinski definition) is 3. The Morgan fingerprint density at radius 3 is 2.83 bits per heavy atom. The first-order valence-corrected chi connectivity index (χ1v) is 4.78. The SMILES string of the molecule is Cn1nccc1CNS(N)(=O)=O. The van der Waals surface area contributed by atoms with Crippen LogP contribution in [0, 0.1) is 0 Å². The molecular formula is C5H10N4O2S. The molecule has 0 fully saturated rings. The van der Waals surface area contributed by atoms with Crippen molar-refractivity contribution >= 4 is 10.2 Å². The van der Waals surface area contributed by atoms with E-state index in [1.807, 2.05) is 0 Å². The van der Waals surface area contributed by atoms with Crippen molar-refractivity contribution in [3.05, 3.63) is 18.0 Å². The van der Waals surface area contributed by atoms with Gasteiger partial charge in [-0.25, -0.2) is 5.14 Å². The van der Waals surface area contributed by atoms with Crippen LogP contribution in [-0.4, -0.2) is 18.2 Å². The maximum absolute atomic E-state index is 10.5. The molecule has 6 nitrogen and oxygen atoms in total. The predicted molar refractivity (Wildman–Crippen MR) is 43.2 cm³/mol. The van der Waals surface area contributed by atoms with Crippen molar-refractivity contribution in [3.8, 4) is 0 Å². The first kappa shape index (κ1) is 9.17. The molecule has 0 unspecified atom stereocenters. The lowest BCUT2D eigenvalue weighted by Crippen LogP contribution is -2.30. The molecule has 0 aliphatic carbocycles. The summed E-state index contributed by atoms with van der Waals surface area (Å²) in [5.74, 6) is 0. The Morgan fingerprint density at radius 2 is 2.42 bits per heavy atom. The molecule has 1 aromatic heterocycles. The molecule has 0 aromatic carbocycles. The summed E-state index contributed by atoms with van der Waals surface area (Å²) in [7, 11) is -1.89. The topological polar surface area (TPSA) is 90.0 Å². The zero-order chi connectivity index (χ0) is 9.19. The van der Waals surface area contributed by atoms with Crippen LogP contribution in [0.15, 0.2) is 12.3 Å². The van der Waals surface area contributed by atoms with E-state index in [9.17, 15) is 8.42 Å². The van der Waals surface area contributed by atoms with Crippen molar-refractivity contribution in [2.45, 2.75) is 6.54 Å². The van der Waals surface area contributed by atoms with Crippen molar-refractivity contribution in [2.24, 2.45) is 12.2 Å². The summed E-state index contributed by atoms with van der Waals surface area (Å²) >= 11 is 0. The summed E-state index contributed by atoms with van der Waals surface area (Å²) in [5, 5.41) is 8.59. The third-order valence-electron chi connectivity index (χ3n) is 1.38. The molecule has 1 aromatic rings. The smallest absolute Gasteiger partial charge is 0.271 e. The summed E-state index contributed by atoms with van der Waals surface area (Å²) in [6.07, 6.45) is 1.58. The Labute approximate surface area is 70.6 Å². The van der Waals surface area contributed by atoms with Crippen LogP contribution in [-0.2, 0) is 23.8 Å². The largest absolute Gasteiger partial charge is 0.274 e. The van der Waals surface area contributed by atoms with Gasteiger partial charge in [0, 0.05) is 13.2 Å². The Hall–Kier alpha value is -0.920. The summed E-state index contributed by atoms with van der Waals surface area (Å²) < 4.78 is 24.7. The van der Waals surface area contributed by atoms with Gasteiger partial charge in [-0.1, -0.05) is 0 Å². The molecule has 12 heavy (non-hydrogen) atoms. The fourth-order valence-electron chi connectivity index (χ4n) is 0.749.